The molecule has 1 fully saturated rings. The van der Waals surface area contributed by atoms with Crippen LogP contribution in [0.4, 0.5) is 0 Å². The Balaban J connectivity index is 0.00000225. The molecule has 0 amide bonds. The van der Waals surface area contributed by atoms with Crippen LogP contribution in [0.5, 0.6) is 0 Å². The van der Waals surface area contributed by atoms with Crippen LogP contribution in [-0.2, 0) is 23.4 Å². The van der Waals surface area contributed by atoms with E-state index in [2.05, 4.69) is 10.00 Å². The normalized spacial score (nSPS) is 16.6. The molecular formula is C17H23Cl2N3O2S. The third-order valence-electron chi connectivity index (χ3n) is 4.58. The molecule has 0 spiro atoms. The molecule has 8 heteroatoms. The zero-order chi connectivity index (χ0) is 17.3. The Labute approximate surface area is 160 Å². The first kappa shape index (κ1) is 20.2. The van der Waals surface area contributed by atoms with Crippen molar-refractivity contribution in [3.8, 4) is 0 Å². The van der Waals surface area contributed by atoms with Gasteiger partial charge in [-0.15, -0.1) is 12.4 Å². The van der Waals surface area contributed by atoms with Crippen molar-refractivity contribution in [3.63, 3.8) is 0 Å². The van der Waals surface area contributed by atoms with E-state index in [1.165, 1.54) is 0 Å². The molecule has 0 bridgehead atoms. The predicted octanol–water partition coefficient (Wildman–Crippen LogP) is 3.24. The molecule has 0 N–H and O–H groups in total. The van der Waals surface area contributed by atoms with Gasteiger partial charge in [-0.25, -0.2) is 8.42 Å². The first-order valence-corrected chi connectivity index (χ1v) is 10.00. The van der Waals surface area contributed by atoms with Crippen molar-refractivity contribution in [2.45, 2.75) is 36.5 Å². The van der Waals surface area contributed by atoms with E-state index in [4.69, 9.17) is 11.6 Å². The van der Waals surface area contributed by atoms with Gasteiger partial charge in [0.1, 0.15) is 5.15 Å². The number of benzene rings is 1. The predicted molar refractivity (Wildman–Crippen MR) is 102 cm³/mol. The van der Waals surface area contributed by atoms with Crippen molar-refractivity contribution < 1.29 is 8.42 Å². The molecule has 1 aliphatic rings. The summed E-state index contributed by atoms with van der Waals surface area (Å²) in [6, 6.07) is 9.00. The lowest BCUT2D eigenvalue weighted by molar-refractivity contribution is 0.219. The summed E-state index contributed by atoms with van der Waals surface area (Å²) in [6.45, 7) is 4.17. The van der Waals surface area contributed by atoms with Gasteiger partial charge in [-0.3, -0.25) is 9.58 Å². The topological polar surface area (TPSA) is 55.2 Å². The summed E-state index contributed by atoms with van der Waals surface area (Å²) in [5.74, 6) is 0. The van der Waals surface area contributed by atoms with Crippen LogP contribution < -0.4 is 0 Å². The summed E-state index contributed by atoms with van der Waals surface area (Å²) in [4.78, 5) is 2.67. The van der Waals surface area contributed by atoms with Crippen LogP contribution in [0.1, 0.15) is 24.1 Å². The van der Waals surface area contributed by atoms with Gasteiger partial charge >= 0.3 is 0 Å². The van der Waals surface area contributed by atoms with E-state index in [-0.39, 0.29) is 17.7 Å². The zero-order valence-corrected chi connectivity index (χ0v) is 16.7. The highest BCUT2D eigenvalue weighted by atomic mass is 35.5. The fourth-order valence-electron chi connectivity index (χ4n) is 3.10. The third-order valence-corrected chi connectivity index (χ3v) is 7.21. The van der Waals surface area contributed by atoms with Crippen LogP contribution in [-0.4, -0.2) is 41.4 Å². The van der Waals surface area contributed by atoms with Crippen LogP contribution in [0.2, 0.25) is 5.15 Å². The summed E-state index contributed by atoms with van der Waals surface area (Å²) in [5.41, 5.74) is 1.99. The maximum Gasteiger partial charge on any atom is 0.181 e. The van der Waals surface area contributed by atoms with Gasteiger partial charge in [-0.2, -0.15) is 5.10 Å². The van der Waals surface area contributed by atoms with Crippen LogP contribution in [0.15, 0.2) is 35.2 Å². The number of aromatic nitrogens is 2. The zero-order valence-electron chi connectivity index (χ0n) is 14.4. The van der Waals surface area contributed by atoms with Crippen molar-refractivity contribution >= 4 is 33.8 Å². The van der Waals surface area contributed by atoms with Crippen molar-refractivity contribution in [2.24, 2.45) is 7.05 Å². The molecule has 0 saturated carbocycles. The lowest BCUT2D eigenvalue weighted by atomic mass is 10.1. The van der Waals surface area contributed by atoms with Crippen LogP contribution in [0, 0.1) is 6.92 Å². The molecule has 0 aliphatic carbocycles. The second-order valence-corrected chi connectivity index (χ2v) is 9.03. The van der Waals surface area contributed by atoms with E-state index in [0.717, 1.165) is 24.3 Å². The maximum atomic E-state index is 12.8. The number of piperidine rings is 1. The molecule has 1 saturated heterocycles. The minimum atomic E-state index is -3.25. The molecule has 2 aromatic rings. The molecule has 3 rings (SSSR count). The number of aryl methyl sites for hydroxylation is 2. The Morgan fingerprint density at radius 2 is 1.80 bits per heavy atom. The molecule has 138 valence electrons. The van der Waals surface area contributed by atoms with Gasteiger partial charge in [0, 0.05) is 13.6 Å². The molecule has 1 aromatic carbocycles. The van der Waals surface area contributed by atoms with Gasteiger partial charge < -0.3 is 0 Å². The highest BCUT2D eigenvalue weighted by Gasteiger charge is 2.31. The summed E-state index contributed by atoms with van der Waals surface area (Å²) in [7, 11) is -1.43. The van der Waals surface area contributed by atoms with Crippen molar-refractivity contribution in [2.75, 3.05) is 13.1 Å². The number of halogens is 2. The molecule has 25 heavy (non-hydrogen) atoms. The summed E-state index contributed by atoms with van der Waals surface area (Å²) in [5, 5.41) is 4.66. The monoisotopic (exact) mass is 403 g/mol. The number of hydrogen-bond acceptors (Lipinski definition) is 4. The number of sulfone groups is 1. The molecule has 1 aromatic heterocycles. The molecule has 0 radical (unpaired) electrons. The first-order valence-electron chi connectivity index (χ1n) is 8.07. The Morgan fingerprint density at radius 3 is 2.32 bits per heavy atom. The Hall–Kier alpha value is -1.08. The average molecular weight is 404 g/mol. The highest BCUT2D eigenvalue weighted by Crippen LogP contribution is 2.25. The fourth-order valence-corrected chi connectivity index (χ4v) is 5.00. The Morgan fingerprint density at radius 1 is 1.20 bits per heavy atom. The van der Waals surface area contributed by atoms with Gasteiger partial charge in [-0.05, 0) is 51.1 Å². The minimum Gasteiger partial charge on any atom is -0.297 e. The second kappa shape index (κ2) is 8.08. The van der Waals surface area contributed by atoms with Gasteiger partial charge in [0.05, 0.1) is 15.8 Å². The number of hydrogen-bond donors (Lipinski definition) is 0. The van der Waals surface area contributed by atoms with E-state index in [9.17, 15) is 8.42 Å². The number of rotatable bonds is 4. The lowest BCUT2D eigenvalue weighted by Gasteiger charge is -2.31. The van der Waals surface area contributed by atoms with Gasteiger partial charge in [0.25, 0.3) is 0 Å². The first-order chi connectivity index (χ1) is 11.4. The molecule has 0 atom stereocenters. The summed E-state index contributed by atoms with van der Waals surface area (Å²) < 4.78 is 27.2. The summed E-state index contributed by atoms with van der Waals surface area (Å²) >= 11 is 6.01. The standard InChI is InChI=1S/C17H22ClN3O2S.ClH/c1-13-3-5-15(6-4-13)24(22,23)16-7-9-21(10-8-16)12-14-11-17(18)20(2)19-14;/h3-6,11,16H,7-10,12H2,1-2H3;1H. The Bertz CT molecular complexity index is 791. The molecule has 1 aliphatic heterocycles. The number of likely N-dealkylation sites (tertiary alicyclic amines) is 1. The average Bonchev–Trinajstić information content (AvgIpc) is 2.86. The third kappa shape index (κ3) is 4.56. The van der Waals surface area contributed by atoms with Gasteiger partial charge in [-0.1, -0.05) is 29.3 Å². The molecule has 5 nitrogen and oxygen atoms in total. The van der Waals surface area contributed by atoms with Gasteiger partial charge in [0.15, 0.2) is 9.84 Å². The second-order valence-electron chi connectivity index (χ2n) is 6.42. The highest BCUT2D eigenvalue weighted by molar-refractivity contribution is 7.92. The van der Waals surface area contributed by atoms with Crippen molar-refractivity contribution in [1.29, 1.82) is 0 Å². The SMILES string of the molecule is Cc1ccc(S(=O)(=O)C2CCN(Cc3cc(Cl)n(C)n3)CC2)cc1.Cl. The van der Waals surface area contributed by atoms with E-state index in [0.29, 0.717) is 29.4 Å². The smallest absolute Gasteiger partial charge is 0.181 e. The van der Waals surface area contributed by atoms with Crippen LogP contribution >= 0.6 is 24.0 Å². The van der Waals surface area contributed by atoms with E-state index < -0.39 is 9.84 Å². The summed E-state index contributed by atoms with van der Waals surface area (Å²) in [6.07, 6.45) is 1.30. The maximum absolute atomic E-state index is 12.8. The van der Waals surface area contributed by atoms with Crippen LogP contribution in [0.3, 0.4) is 0 Å². The van der Waals surface area contributed by atoms with Crippen LogP contribution in [0.25, 0.3) is 0 Å². The minimum absolute atomic E-state index is 0. The lowest BCUT2D eigenvalue weighted by Crippen LogP contribution is -2.39. The largest absolute Gasteiger partial charge is 0.297 e. The molecule has 2 heterocycles. The van der Waals surface area contributed by atoms with Gasteiger partial charge in [0.2, 0.25) is 0 Å². The fraction of sp³-hybridized carbons (Fsp3) is 0.471. The number of nitrogens with zero attached hydrogens (tertiary/aromatic N) is 3. The molecule has 0 unspecified atom stereocenters. The Kier molecular flexibility index (Phi) is 6.54. The van der Waals surface area contributed by atoms with E-state index in [1.54, 1.807) is 16.8 Å². The van der Waals surface area contributed by atoms with Crippen molar-refractivity contribution in [3.05, 3.63) is 46.7 Å². The van der Waals surface area contributed by atoms with Crippen molar-refractivity contribution in [1.82, 2.24) is 14.7 Å². The quantitative estimate of drug-likeness (QED) is 0.785. The van der Waals surface area contributed by atoms with E-state index in [1.807, 2.05) is 32.2 Å². The molecular weight excluding hydrogens is 381 g/mol. The van der Waals surface area contributed by atoms with E-state index >= 15 is 0 Å².